The molecule has 1 aromatic heterocycles. The van der Waals surface area contributed by atoms with Crippen LogP contribution in [0.4, 0.5) is 4.79 Å². The molecule has 4 rings (SSSR count). The third-order valence-electron chi connectivity index (χ3n) is 6.41. The Balaban J connectivity index is 1.75. The van der Waals surface area contributed by atoms with E-state index in [2.05, 4.69) is 0 Å². The molecule has 2 aromatic carbocycles. The number of fused-ring (bicyclic) bond motifs is 1. The molecule has 2 heterocycles. The number of likely N-dealkylation sites (tertiary alicyclic amines) is 1. The number of methoxy groups -OCH3 is 1. The highest BCUT2D eigenvalue weighted by Crippen LogP contribution is 2.41. The molecule has 0 bridgehead atoms. The summed E-state index contributed by atoms with van der Waals surface area (Å²) in [6.07, 6.45) is 1.41. The number of amides is 1. The highest BCUT2D eigenvalue weighted by molar-refractivity contribution is 6.00. The molecule has 1 saturated heterocycles. The maximum absolute atomic E-state index is 13.7. The maximum Gasteiger partial charge on any atom is 0.419 e. The molecule has 202 valence electrons. The van der Waals surface area contributed by atoms with E-state index in [-0.39, 0.29) is 25.3 Å². The number of hydrogen-bond donors (Lipinski definition) is 0. The summed E-state index contributed by atoms with van der Waals surface area (Å²) in [7, 11) is 1.59. The van der Waals surface area contributed by atoms with Crippen molar-refractivity contribution in [2.24, 2.45) is 0 Å². The van der Waals surface area contributed by atoms with Crippen LogP contribution in [0.15, 0.2) is 54.7 Å². The number of carbonyl (C=O) groups excluding carboxylic acids is 3. The molecule has 3 aromatic rings. The van der Waals surface area contributed by atoms with Gasteiger partial charge in [0.25, 0.3) is 0 Å². The van der Waals surface area contributed by atoms with E-state index < -0.39 is 28.8 Å². The number of carbonyl (C=O) groups is 3. The summed E-state index contributed by atoms with van der Waals surface area (Å²) < 4.78 is 18.2. The highest BCUT2D eigenvalue weighted by atomic mass is 16.6. The van der Waals surface area contributed by atoms with Gasteiger partial charge in [-0.1, -0.05) is 30.3 Å². The number of ether oxygens (including phenoxy) is 3. The van der Waals surface area contributed by atoms with Crippen molar-refractivity contribution in [2.75, 3.05) is 7.11 Å². The van der Waals surface area contributed by atoms with Crippen molar-refractivity contribution in [3.8, 4) is 5.75 Å². The molecule has 0 aliphatic carbocycles. The summed E-state index contributed by atoms with van der Waals surface area (Å²) >= 11 is 0. The average Bonchev–Trinajstić information content (AvgIpc) is 3.19. The van der Waals surface area contributed by atoms with Crippen molar-refractivity contribution < 1.29 is 28.6 Å². The van der Waals surface area contributed by atoms with Crippen molar-refractivity contribution in [3.05, 3.63) is 65.9 Å². The summed E-state index contributed by atoms with van der Waals surface area (Å²) in [5.74, 6) is 0.104. The van der Waals surface area contributed by atoms with E-state index in [0.29, 0.717) is 11.3 Å². The van der Waals surface area contributed by atoms with Crippen LogP contribution in [-0.4, -0.2) is 51.3 Å². The van der Waals surface area contributed by atoms with Gasteiger partial charge in [0.2, 0.25) is 5.91 Å². The van der Waals surface area contributed by atoms with Crippen molar-refractivity contribution in [2.45, 2.75) is 77.7 Å². The monoisotopic (exact) mass is 520 g/mol. The number of rotatable bonds is 6. The fourth-order valence-corrected chi connectivity index (χ4v) is 4.70. The van der Waals surface area contributed by atoms with Crippen molar-refractivity contribution in [1.82, 2.24) is 9.47 Å². The predicted octanol–water partition coefficient (Wildman–Crippen LogP) is 5.49. The first-order chi connectivity index (χ1) is 17.7. The Bertz CT molecular complexity index is 1360. The molecule has 1 atom stereocenters. The number of esters is 1. The van der Waals surface area contributed by atoms with Crippen LogP contribution in [0.5, 0.6) is 5.75 Å². The summed E-state index contributed by atoms with van der Waals surface area (Å²) in [6.45, 7) is 11.1. The Labute approximate surface area is 223 Å². The molecule has 1 aliphatic heterocycles. The number of hydrogen-bond acceptors (Lipinski definition) is 6. The first-order valence-electron chi connectivity index (χ1n) is 12.7. The van der Waals surface area contributed by atoms with Gasteiger partial charge in [0.1, 0.15) is 17.0 Å². The Morgan fingerprint density at radius 2 is 1.55 bits per heavy atom. The maximum atomic E-state index is 13.7. The van der Waals surface area contributed by atoms with Gasteiger partial charge in [0.15, 0.2) is 5.54 Å². The molecule has 38 heavy (non-hydrogen) atoms. The van der Waals surface area contributed by atoms with E-state index in [0.717, 1.165) is 16.5 Å². The predicted molar refractivity (Wildman–Crippen MR) is 144 cm³/mol. The fourth-order valence-electron chi connectivity index (χ4n) is 4.70. The van der Waals surface area contributed by atoms with Crippen LogP contribution in [0.1, 0.15) is 59.1 Å². The van der Waals surface area contributed by atoms with E-state index in [4.69, 9.17) is 14.2 Å². The smallest absolute Gasteiger partial charge is 0.419 e. The number of benzene rings is 2. The second kappa shape index (κ2) is 9.82. The topological polar surface area (TPSA) is 87.1 Å². The minimum Gasteiger partial charge on any atom is -0.497 e. The zero-order valence-corrected chi connectivity index (χ0v) is 23.2. The van der Waals surface area contributed by atoms with Crippen LogP contribution >= 0.6 is 0 Å². The van der Waals surface area contributed by atoms with Gasteiger partial charge >= 0.3 is 12.1 Å². The SMILES string of the molecule is COc1ccc(CN2C(=O)CC2(Cc2cn(C(=O)OC(C)(C)C)c3ccccc23)C(=O)OC(C)(C)C)cc1. The molecule has 1 unspecified atom stereocenters. The number of aromatic nitrogens is 1. The first-order valence-corrected chi connectivity index (χ1v) is 12.7. The normalized spacial score (nSPS) is 17.8. The van der Waals surface area contributed by atoms with Gasteiger partial charge in [-0.2, -0.15) is 0 Å². The first kappa shape index (κ1) is 27.2. The molecule has 8 heteroatoms. The Morgan fingerprint density at radius 3 is 2.13 bits per heavy atom. The minimum absolute atomic E-state index is 0.0179. The van der Waals surface area contributed by atoms with Crippen LogP contribution in [0.2, 0.25) is 0 Å². The molecular weight excluding hydrogens is 484 g/mol. The number of nitrogens with zero attached hydrogens (tertiary/aromatic N) is 2. The van der Waals surface area contributed by atoms with Crippen molar-refractivity contribution in [3.63, 3.8) is 0 Å². The van der Waals surface area contributed by atoms with Gasteiger partial charge in [-0.25, -0.2) is 9.59 Å². The second-order valence-electron chi connectivity index (χ2n) is 11.7. The minimum atomic E-state index is -1.22. The lowest BCUT2D eigenvalue weighted by Crippen LogP contribution is -2.69. The summed E-state index contributed by atoms with van der Waals surface area (Å²) in [5.41, 5.74) is -0.335. The van der Waals surface area contributed by atoms with E-state index in [9.17, 15) is 14.4 Å². The largest absolute Gasteiger partial charge is 0.497 e. The van der Waals surface area contributed by atoms with Crippen LogP contribution < -0.4 is 4.74 Å². The Hall–Kier alpha value is -3.81. The standard InChI is InChI=1S/C30H36N2O6/c1-28(2,3)37-26(34)30(17-25(33)32(30)18-20-12-14-22(36-7)15-13-20)16-21-19-31(27(35)38-29(4,5)6)24-11-9-8-10-23(21)24/h8-15,19H,16-18H2,1-7H3. The van der Waals surface area contributed by atoms with Gasteiger partial charge in [-0.3, -0.25) is 9.36 Å². The average molecular weight is 521 g/mol. The number of para-hydroxylation sites is 1. The molecule has 0 spiro atoms. The van der Waals surface area contributed by atoms with E-state index in [1.165, 1.54) is 4.57 Å². The highest BCUT2D eigenvalue weighted by Gasteiger charge is 2.58. The second-order valence-corrected chi connectivity index (χ2v) is 11.7. The van der Waals surface area contributed by atoms with Gasteiger partial charge in [0.05, 0.1) is 19.0 Å². The van der Waals surface area contributed by atoms with E-state index in [1.54, 1.807) is 39.0 Å². The van der Waals surface area contributed by atoms with Crippen LogP contribution in [-0.2, 0) is 32.0 Å². The van der Waals surface area contributed by atoms with Crippen molar-refractivity contribution >= 4 is 28.9 Å². The van der Waals surface area contributed by atoms with Gasteiger partial charge in [0, 0.05) is 24.5 Å². The molecule has 0 N–H and O–H groups in total. The molecule has 8 nitrogen and oxygen atoms in total. The van der Waals surface area contributed by atoms with E-state index >= 15 is 0 Å². The van der Waals surface area contributed by atoms with Gasteiger partial charge in [-0.05, 0) is 70.9 Å². The Morgan fingerprint density at radius 1 is 0.921 bits per heavy atom. The third kappa shape index (κ3) is 5.54. The lowest BCUT2D eigenvalue weighted by Gasteiger charge is -2.50. The molecule has 0 saturated carbocycles. The van der Waals surface area contributed by atoms with Crippen LogP contribution in [0, 0.1) is 0 Å². The zero-order chi connectivity index (χ0) is 27.9. The number of β-lactam (4-membered cyclic amide) rings is 1. The molecule has 1 aliphatic rings. The quantitative estimate of drug-likeness (QED) is 0.316. The van der Waals surface area contributed by atoms with E-state index in [1.807, 2.05) is 69.3 Å². The summed E-state index contributed by atoms with van der Waals surface area (Å²) in [5, 5.41) is 0.810. The van der Waals surface area contributed by atoms with Gasteiger partial charge < -0.3 is 19.1 Å². The molecule has 1 fully saturated rings. The zero-order valence-electron chi connectivity index (χ0n) is 23.2. The lowest BCUT2D eigenvalue weighted by molar-refractivity contribution is -0.188. The lowest BCUT2D eigenvalue weighted by atomic mass is 9.77. The molecular formula is C30H36N2O6. The van der Waals surface area contributed by atoms with Crippen LogP contribution in [0.3, 0.4) is 0 Å². The van der Waals surface area contributed by atoms with Gasteiger partial charge in [-0.15, -0.1) is 0 Å². The fraction of sp³-hybridized carbons (Fsp3) is 0.433. The summed E-state index contributed by atoms with van der Waals surface area (Å²) in [6, 6.07) is 14.9. The Kier molecular flexibility index (Phi) is 7.03. The molecule has 1 amide bonds. The van der Waals surface area contributed by atoms with Crippen molar-refractivity contribution in [1.29, 1.82) is 0 Å². The summed E-state index contributed by atoms with van der Waals surface area (Å²) in [4.78, 5) is 41.4. The van der Waals surface area contributed by atoms with Crippen LogP contribution in [0.25, 0.3) is 10.9 Å². The molecule has 0 radical (unpaired) electrons. The third-order valence-corrected chi connectivity index (χ3v) is 6.41.